The third-order valence-corrected chi connectivity index (χ3v) is 2.16. The summed E-state index contributed by atoms with van der Waals surface area (Å²) in [6.45, 7) is 2.66. The van der Waals surface area contributed by atoms with Gasteiger partial charge in [0.25, 0.3) is 0 Å². The Morgan fingerprint density at radius 3 is 3.06 bits per heavy atom. The molecule has 1 N–H and O–H groups in total. The van der Waals surface area contributed by atoms with E-state index in [1.165, 1.54) is 18.9 Å². The van der Waals surface area contributed by atoms with Gasteiger partial charge in [-0.15, -0.1) is 0 Å². The summed E-state index contributed by atoms with van der Waals surface area (Å²) in [6.07, 6.45) is 10.7. The molecule has 1 aromatic heterocycles. The third kappa shape index (κ3) is 5.34. The van der Waals surface area contributed by atoms with Crippen LogP contribution in [0, 0.1) is 0 Å². The number of aromatic nitrogens is 2. The molecule has 88 valence electrons. The zero-order chi connectivity index (χ0) is 11.6. The number of imidazole rings is 1. The molecule has 1 heterocycles. The normalized spacial score (nSPS) is 10.8. The summed E-state index contributed by atoms with van der Waals surface area (Å²) in [5.41, 5.74) is 0.794. The molecule has 1 rings (SSSR count). The molecule has 0 atom stereocenters. The minimum absolute atomic E-state index is 0.300. The third-order valence-electron chi connectivity index (χ3n) is 2.16. The van der Waals surface area contributed by atoms with Crippen LogP contribution in [0.15, 0.2) is 18.6 Å². The fraction of sp³-hybridized carbons (Fsp3) is 0.500. The number of aromatic amines is 1. The van der Waals surface area contributed by atoms with Crippen molar-refractivity contribution in [2.75, 3.05) is 6.61 Å². The molecule has 0 aliphatic carbocycles. The van der Waals surface area contributed by atoms with Gasteiger partial charge in [0.05, 0.1) is 24.8 Å². The molecular formula is C12H18N2O2. The highest BCUT2D eigenvalue weighted by Gasteiger charge is 1.96. The molecule has 0 spiro atoms. The van der Waals surface area contributed by atoms with Gasteiger partial charge in [0.2, 0.25) is 0 Å². The molecule has 1 aromatic rings. The lowest BCUT2D eigenvalue weighted by Gasteiger charge is -2.00. The highest BCUT2D eigenvalue weighted by molar-refractivity contribution is 5.86. The number of nitrogens with one attached hydrogen (secondary N) is 1. The van der Waals surface area contributed by atoms with Crippen LogP contribution >= 0.6 is 0 Å². The Kier molecular flexibility index (Phi) is 5.99. The lowest BCUT2D eigenvalue weighted by molar-refractivity contribution is -0.137. The highest BCUT2D eigenvalue weighted by atomic mass is 16.5. The fourth-order valence-electron chi connectivity index (χ4n) is 1.27. The van der Waals surface area contributed by atoms with Crippen molar-refractivity contribution in [2.45, 2.75) is 32.6 Å². The van der Waals surface area contributed by atoms with Crippen molar-refractivity contribution in [3.63, 3.8) is 0 Å². The number of H-pyrrole nitrogens is 1. The molecule has 4 nitrogen and oxygen atoms in total. The molecule has 0 amide bonds. The van der Waals surface area contributed by atoms with E-state index in [-0.39, 0.29) is 5.97 Å². The summed E-state index contributed by atoms with van der Waals surface area (Å²) < 4.78 is 5.03. The zero-order valence-electron chi connectivity index (χ0n) is 9.61. The average molecular weight is 222 g/mol. The molecule has 0 bridgehead atoms. The Balaban J connectivity index is 2.11. The predicted octanol–water partition coefficient (Wildman–Crippen LogP) is 2.55. The van der Waals surface area contributed by atoms with Gasteiger partial charge in [-0.3, -0.25) is 0 Å². The largest absolute Gasteiger partial charge is 0.463 e. The van der Waals surface area contributed by atoms with E-state index in [4.69, 9.17) is 4.74 Å². The van der Waals surface area contributed by atoms with Crippen LogP contribution in [0.2, 0.25) is 0 Å². The lowest BCUT2D eigenvalue weighted by Crippen LogP contribution is -2.02. The van der Waals surface area contributed by atoms with Crippen LogP contribution in [-0.2, 0) is 9.53 Å². The van der Waals surface area contributed by atoms with Crippen LogP contribution in [0.1, 0.15) is 38.3 Å². The first-order chi connectivity index (χ1) is 7.83. The minimum atomic E-state index is -0.300. The molecule has 0 radical (unpaired) electrons. The molecule has 16 heavy (non-hydrogen) atoms. The highest BCUT2D eigenvalue weighted by Crippen LogP contribution is 2.00. The first kappa shape index (κ1) is 12.5. The number of hydrogen-bond donors (Lipinski definition) is 1. The van der Waals surface area contributed by atoms with Crippen molar-refractivity contribution >= 4 is 12.0 Å². The van der Waals surface area contributed by atoms with Crippen LogP contribution in [-0.4, -0.2) is 22.5 Å². The fourth-order valence-corrected chi connectivity index (χ4v) is 1.27. The minimum Gasteiger partial charge on any atom is -0.463 e. The second-order valence-electron chi connectivity index (χ2n) is 3.57. The SMILES string of the molecule is CCCCCCOC(=O)/C=C/c1cnc[nH]1. The first-order valence-corrected chi connectivity index (χ1v) is 5.66. The Morgan fingerprint density at radius 2 is 2.38 bits per heavy atom. The molecular weight excluding hydrogens is 204 g/mol. The van der Waals surface area contributed by atoms with E-state index in [0.717, 1.165) is 18.5 Å². The summed E-state index contributed by atoms with van der Waals surface area (Å²) in [5, 5.41) is 0. The predicted molar refractivity (Wildman–Crippen MR) is 62.7 cm³/mol. The number of unbranched alkanes of at least 4 members (excludes halogenated alkanes) is 3. The molecule has 4 heteroatoms. The Morgan fingerprint density at radius 1 is 1.50 bits per heavy atom. The summed E-state index contributed by atoms with van der Waals surface area (Å²) in [6, 6.07) is 0. The topological polar surface area (TPSA) is 55.0 Å². The van der Waals surface area contributed by atoms with Crippen molar-refractivity contribution < 1.29 is 9.53 Å². The average Bonchev–Trinajstić information content (AvgIpc) is 2.79. The Hall–Kier alpha value is -1.58. The summed E-state index contributed by atoms with van der Waals surface area (Å²) in [5.74, 6) is -0.300. The smallest absolute Gasteiger partial charge is 0.330 e. The van der Waals surface area contributed by atoms with Crippen LogP contribution in [0.3, 0.4) is 0 Å². The quantitative estimate of drug-likeness (QED) is 0.438. The van der Waals surface area contributed by atoms with Gasteiger partial charge in [-0.1, -0.05) is 26.2 Å². The second kappa shape index (κ2) is 7.68. The van der Waals surface area contributed by atoms with Gasteiger partial charge < -0.3 is 9.72 Å². The molecule has 0 aliphatic heterocycles. The van der Waals surface area contributed by atoms with Gasteiger partial charge in [-0.25, -0.2) is 9.78 Å². The number of rotatable bonds is 7. The van der Waals surface area contributed by atoms with Gasteiger partial charge in [0, 0.05) is 6.08 Å². The standard InChI is InChI=1S/C12H18N2O2/c1-2-3-4-5-8-16-12(15)7-6-11-9-13-10-14-11/h6-7,9-10H,2-5,8H2,1H3,(H,13,14)/b7-6+. The van der Waals surface area contributed by atoms with Gasteiger partial charge in [0.15, 0.2) is 0 Å². The van der Waals surface area contributed by atoms with Crippen molar-refractivity contribution in [2.24, 2.45) is 0 Å². The number of nitrogens with zero attached hydrogens (tertiary/aromatic N) is 1. The number of esters is 1. The van der Waals surface area contributed by atoms with Crippen LogP contribution < -0.4 is 0 Å². The van der Waals surface area contributed by atoms with Gasteiger partial charge in [-0.2, -0.15) is 0 Å². The number of hydrogen-bond acceptors (Lipinski definition) is 3. The van der Waals surface area contributed by atoms with Crippen molar-refractivity contribution in [1.29, 1.82) is 0 Å². The van der Waals surface area contributed by atoms with Crippen molar-refractivity contribution in [1.82, 2.24) is 9.97 Å². The van der Waals surface area contributed by atoms with Crippen LogP contribution in [0.25, 0.3) is 6.08 Å². The molecule has 0 aliphatic rings. The van der Waals surface area contributed by atoms with E-state index < -0.39 is 0 Å². The van der Waals surface area contributed by atoms with Crippen molar-refractivity contribution in [3.05, 3.63) is 24.3 Å². The number of carbonyl (C=O) groups is 1. The maximum Gasteiger partial charge on any atom is 0.330 e. The first-order valence-electron chi connectivity index (χ1n) is 5.66. The molecule has 0 saturated heterocycles. The van der Waals surface area contributed by atoms with E-state index in [9.17, 15) is 4.79 Å². The molecule has 0 saturated carbocycles. The molecule has 0 aromatic carbocycles. The van der Waals surface area contributed by atoms with E-state index in [0.29, 0.717) is 6.61 Å². The van der Waals surface area contributed by atoms with E-state index >= 15 is 0 Å². The number of ether oxygens (including phenoxy) is 1. The Bertz CT molecular complexity index is 318. The monoisotopic (exact) mass is 222 g/mol. The zero-order valence-corrected chi connectivity index (χ0v) is 9.61. The summed E-state index contributed by atoms with van der Waals surface area (Å²) in [7, 11) is 0. The number of carbonyl (C=O) groups excluding carboxylic acids is 1. The van der Waals surface area contributed by atoms with Crippen molar-refractivity contribution in [3.8, 4) is 0 Å². The molecule has 0 unspecified atom stereocenters. The maximum absolute atomic E-state index is 11.2. The summed E-state index contributed by atoms with van der Waals surface area (Å²) in [4.78, 5) is 17.9. The van der Waals surface area contributed by atoms with Crippen LogP contribution in [0.5, 0.6) is 0 Å². The summed E-state index contributed by atoms with van der Waals surface area (Å²) >= 11 is 0. The van der Waals surface area contributed by atoms with Gasteiger partial charge >= 0.3 is 5.97 Å². The van der Waals surface area contributed by atoms with E-state index in [2.05, 4.69) is 16.9 Å². The maximum atomic E-state index is 11.2. The molecule has 0 fully saturated rings. The van der Waals surface area contributed by atoms with Gasteiger partial charge in [0.1, 0.15) is 0 Å². The lowest BCUT2D eigenvalue weighted by atomic mass is 10.2. The van der Waals surface area contributed by atoms with Gasteiger partial charge in [-0.05, 0) is 12.5 Å². The van der Waals surface area contributed by atoms with E-state index in [1.807, 2.05) is 0 Å². The second-order valence-corrected chi connectivity index (χ2v) is 3.57. The Labute approximate surface area is 95.7 Å². The van der Waals surface area contributed by atoms with Crippen LogP contribution in [0.4, 0.5) is 0 Å². The van der Waals surface area contributed by atoms with E-state index in [1.54, 1.807) is 18.6 Å².